The average Bonchev–Trinajstić information content (AvgIpc) is 3.14. The lowest BCUT2D eigenvalue weighted by molar-refractivity contribution is -0.127. The highest BCUT2D eigenvalue weighted by Crippen LogP contribution is 2.16. The van der Waals surface area contributed by atoms with Crippen LogP contribution in [0.3, 0.4) is 0 Å². The SMILES string of the molecule is C[C@@H](Oc1ccccc1)C(=O)NCc1ccccc1CN1CCCC1. The zero-order valence-electron chi connectivity index (χ0n) is 14.8. The van der Waals surface area contributed by atoms with Crippen LogP contribution in [0.1, 0.15) is 30.9 Å². The van der Waals surface area contributed by atoms with Gasteiger partial charge >= 0.3 is 0 Å². The Morgan fingerprint density at radius 2 is 1.68 bits per heavy atom. The minimum atomic E-state index is -0.520. The van der Waals surface area contributed by atoms with E-state index in [1.54, 1.807) is 6.92 Å². The molecule has 1 amide bonds. The van der Waals surface area contributed by atoms with E-state index < -0.39 is 6.10 Å². The fourth-order valence-corrected chi connectivity index (χ4v) is 3.15. The summed E-state index contributed by atoms with van der Waals surface area (Å²) in [4.78, 5) is 14.8. The highest BCUT2D eigenvalue weighted by Gasteiger charge is 2.16. The lowest BCUT2D eigenvalue weighted by atomic mass is 10.1. The number of benzene rings is 2. The molecule has 0 saturated carbocycles. The van der Waals surface area contributed by atoms with Crippen LogP contribution in [0.2, 0.25) is 0 Å². The second-order valence-corrected chi connectivity index (χ2v) is 6.54. The molecule has 1 saturated heterocycles. The number of ether oxygens (including phenoxy) is 1. The second-order valence-electron chi connectivity index (χ2n) is 6.54. The summed E-state index contributed by atoms with van der Waals surface area (Å²) in [5.41, 5.74) is 2.47. The van der Waals surface area contributed by atoms with Crippen molar-refractivity contribution in [2.24, 2.45) is 0 Å². The molecule has 0 aliphatic carbocycles. The summed E-state index contributed by atoms with van der Waals surface area (Å²) < 4.78 is 5.68. The van der Waals surface area contributed by atoms with E-state index in [0.29, 0.717) is 12.3 Å². The molecule has 0 spiro atoms. The molecule has 1 heterocycles. The Kier molecular flexibility index (Phi) is 6.07. The Morgan fingerprint density at radius 1 is 1.04 bits per heavy atom. The van der Waals surface area contributed by atoms with Crippen molar-refractivity contribution in [1.29, 1.82) is 0 Å². The van der Waals surface area contributed by atoms with Crippen LogP contribution in [0, 0.1) is 0 Å². The number of nitrogens with zero attached hydrogens (tertiary/aromatic N) is 1. The van der Waals surface area contributed by atoms with Crippen molar-refractivity contribution in [2.75, 3.05) is 13.1 Å². The number of likely N-dealkylation sites (tertiary alicyclic amines) is 1. The maximum Gasteiger partial charge on any atom is 0.261 e. The van der Waals surface area contributed by atoms with E-state index in [0.717, 1.165) is 6.54 Å². The molecule has 1 aliphatic heterocycles. The van der Waals surface area contributed by atoms with E-state index in [9.17, 15) is 4.79 Å². The molecule has 4 heteroatoms. The molecule has 0 aromatic heterocycles. The van der Waals surface area contributed by atoms with Gasteiger partial charge in [-0.05, 0) is 56.1 Å². The molecule has 1 N–H and O–H groups in total. The molecule has 3 rings (SSSR count). The highest BCUT2D eigenvalue weighted by molar-refractivity contribution is 5.80. The van der Waals surface area contributed by atoms with Crippen molar-refractivity contribution >= 4 is 5.91 Å². The number of hydrogen-bond donors (Lipinski definition) is 1. The first-order valence-corrected chi connectivity index (χ1v) is 9.01. The summed E-state index contributed by atoms with van der Waals surface area (Å²) in [6.07, 6.45) is 2.05. The summed E-state index contributed by atoms with van der Waals surface area (Å²) in [5.74, 6) is 0.611. The molecule has 1 aliphatic rings. The lowest BCUT2D eigenvalue weighted by Crippen LogP contribution is -2.36. The third kappa shape index (κ3) is 5.07. The summed E-state index contributed by atoms with van der Waals surface area (Å²) in [6, 6.07) is 17.8. The van der Waals surface area contributed by atoms with Gasteiger partial charge in [-0.15, -0.1) is 0 Å². The highest BCUT2D eigenvalue weighted by atomic mass is 16.5. The average molecular weight is 338 g/mol. The number of rotatable bonds is 7. The van der Waals surface area contributed by atoms with Crippen molar-refractivity contribution in [1.82, 2.24) is 10.2 Å². The molecule has 0 radical (unpaired) electrons. The van der Waals surface area contributed by atoms with Crippen LogP contribution in [0.15, 0.2) is 54.6 Å². The van der Waals surface area contributed by atoms with Crippen molar-refractivity contribution in [2.45, 2.75) is 39.0 Å². The Balaban J connectivity index is 1.54. The van der Waals surface area contributed by atoms with E-state index in [1.165, 1.54) is 37.1 Å². The van der Waals surface area contributed by atoms with Crippen molar-refractivity contribution in [3.8, 4) is 5.75 Å². The van der Waals surface area contributed by atoms with Crippen LogP contribution in [-0.4, -0.2) is 30.0 Å². The summed E-state index contributed by atoms with van der Waals surface area (Å²) in [5, 5.41) is 3.00. The number of para-hydroxylation sites is 1. The maximum atomic E-state index is 12.3. The van der Waals surface area contributed by atoms with Gasteiger partial charge in [0.2, 0.25) is 0 Å². The fraction of sp³-hybridized carbons (Fsp3) is 0.381. The van der Waals surface area contributed by atoms with Gasteiger partial charge in [-0.1, -0.05) is 42.5 Å². The van der Waals surface area contributed by atoms with Gasteiger partial charge in [0.15, 0.2) is 6.10 Å². The monoisotopic (exact) mass is 338 g/mol. The largest absolute Gasteiger partial charge is 0.481 e. The summed E-state index contributed by atoms with van der Waals surface area (Å²) >= 11 is 0. The topological polar surface area (TPSA) is 41.6 Å². The van der Waals surface area contributed by atoms with E-state index in [1.807, 2.05) is 36.4 Å². The quantitative estimate of drug-likeness (QED) is 0.842. The molecule has 2 aromatic rings. The maximum absolute atomic E-state index is 12.3. The molecular weight excluding hydrogens is 312 g/mol. The zero-order valence-corrected chi connectivity index (χ0v) is 14.8. The van der Waals surface area contributed by atoms with Gasteiger partial charge < -0.3 is 10.1 Å². The van der Waals surface area contributed by atoms with E-state index in [-0.39, 0.29) is 5.91 Å². The molecule has 0 bridgehead atoms. The Morgan fingerprint density at radius 3 is 2.40 bits per heavy atom. The van der Waals surface area contributed by atoms with Crippen LogP contribution in [0.25, 0.3) is 0 Å². The number of hydrogen-bond acceptors (Lipinski definition) is 3. The van der Waals surface area contributed by atoms with Gasteiger partial charge in [-0.3, -0.25) is 9.69 Å². The van der Waals surface area contributed by atoms with Crippen molar-refractivity contribution in [3.05, 3.63) is 65.7 Å². The van der Waals surface area contributed by atoms with Crippen LogP contribution >= 0.6 is 0 Å². The second kappa shape index (κ2) is 8.67. The Hall–Kier alpha value is -2.33. The van der Waals surface area contributed by atoms with Gasteiger partial charge in [0.25, 0.3) is 5.91 Å². The number of carbonyl (C=O) groups excluding carboxylic acids is 1. The van der Waals surface area contributed by atoms with Gasteiger partial charge in [-0.2, -0.15) is 0 Å². The first-order valence-electron chi connectivity index (χ1n) is 9.01. The van der Waals surface area contributed by atoms with Crippen molar-refractivity contribution in [3.63, 3.8) is 0 Å². The molecule has 25 heavy (non-hydrogen) atoms. The summed E-state index contributed by atoms with van der Waals surface area (Å²) in [6.45, 7) is 5.61. The van der Waals surface area contributed by atoms with Crippen LogP contribution in [-0.2, 0) is 17.9 Å². The van der Waals surface area contributed by atoms with Gasteiger partial charge in [0.1, 0.15) is 5.75 Å². The molecular formula is C21H26N2O2. The van der Waals surface area contributed by atoms with Gasteiger partial charge in [0.05, 0.1) is 0 Å². The molecule has 1 atom stereocenters. The standard InChI is InChI=1S/C21H26N2O2/c1-17(25-20-11-3-2-4-12-20)21(24)22-15-18-9-5-6-10-19(18)16-23-13-7-8-14-23/h2-6,9-12,17H,7-8,13-16H2,1H3,(H,22,24)/t17-/m1/s1. The van der Waals surface area contributed by atoms with Crippen LogP contribution in [0.4, 0.5) is 0 Å². The number of amides is 1. The van der Waals surface area contributed by atoms with Crippen LogP contribution < -0.4 is 10.1 Å². The van der Waals surface area contributed by atoms with Crippen molar-refractivity contribution < 1.29 is 9.53 Å². The lowest BCUT2D eigenvalue weighted by Gasteiger charge is -2.19. The number of carbonyl (C=O) groups is 1. The summed E-state index contributed by atoms with van der Waals surface area (Å²) in [7, 11) is 0. The van der Waals surface area contributed by atoms with Gasteiger partial charge in [0, 0.05) is 13.1 Å². The smallest absolute Gasteiger partial charge is 0.261 e. The molecule has 0 unspecified atom stereocenters. The molecule has 2 aromatic carbocycles. The minimum Gasteiger partial charge on any atom is -0.481 e. The van der Waals surface area contributed by atoms with E-state index in [2.05, 4.69) is 28.4 Å². The van der Waals surface area contributed by atoms with Gasteiger partial charge in [-0.25, -0.2) is 0 Å². The Bertz CT molecular complexity index is 681. The predicted octanol–water partition coefficient (Wildman–Crippen LogP) is 3.37. The fourth-order valence-electron chi connectivity index (χ4n) is 3.15. The minimum absolute atomic E-state index is 0.0974. The normalized spacial score (nSPS) is 15.7. The molecule has 1 fully saturated rings. The predicted molar refractivity (Wildman–Crippen MR) is 99.3 cm³/mol. The van der Waals surface area contributed by atoms with E-state index >= 15 is 0 Å². The first-order chi connectivity index (χ1) is 12.2. The molecule has 132 valence electrons. The molecule has 4 nitrogen and oxygen atoms in total. The van der Waals surface area contributed by atoms with E-state index in [4.69, 9.17) is 4.74 Å². The zero-order chi connectivity index (χ0) is 17.5. The Labute approximate surface area is 149 Å². The van der Waals surface area contributed by atoms with Crippen LogP contribution in [0.5, 0.6) is 5.75 Å². The third-order valence-electron chi connectivity index (χ3n) is 4.59. The first kappa shape index (κ1) is 17.5. The third-order valence-corrected chi connectivity index (χ3v) is 4.59. The number of nitrogens with one attached hydrogen (secondary N) is 1.